The third kappa shape index (κ3) is 6.51. The van der Waals surface area contributed by atoms with E-state index >= 15 is 0 Å². The molecule has 3 heterocycles. The quantitative estimate of drug-likeness (QED) is 0.478. The van der Waals surface area contributed by atoms with E-state index in [2.05, 4.69) is 4.98 Å². The highest BCUT2D eigenvalue weighted by Gasteiger charge is 2.43. The van der Waals surface area contributed by atoms with Crippen LogP contribution in [0.25, 0.3) is 0 Å². The molecule has 0 bridgehead atoms. The third-order valence-electron chi connectivity index (χ3n) is 7.01. The second-order valence-corrected chi connectivity index (χ2v) is 11.7. The van der Waals surface area contributed by atoms with Crippen molar-refractivity contribution in [1.29, 1.82) is 5.26 Å². The summed E-state index contributed by atoms with van der Waals surface area (Å²) >= 11 is 12.5. The molecule has 0 N–H and O–H groups in total. The Kier molecular flexibility index (Phi) is 8.39. The number of ether oxygens (including phenoxy) is 2. The summed E-state index contributed by atoms with van der Waals surface area (Å²) in [6, 6.07) is 10.9. The van der Waals surface area contributed by atoms with E-state index in [9.17, 15) is 9.59 Å². The molecule has 2 aliphatic rings. The smallest absolute Gasteiger partial charge is 0.410 e. The van der Waals surface area contributed by atoms with Crippen molar-refractivity contribution in [2.75, 3.05) is 26.2 Å². The van der Waals surface area contributed by atoms with Gasteiger partial charge in [0, 0.05) is 50.3 Å². The summed E-state index contributed by atoms with van der Waals surface area (Å²) in [7, 11) is 0. The molecule has 4 unspecified atom stereocenters. The molecule has 1 aromatic carbocycles. The van der Waals surface area contributed by atoms with Gasteiger partial charge in [-0.2, -0.15) is 5.26 Å². The molecule has 4 atom stereocenters. The number of hydrogen-bond donors (Lipinski definition) is 0. The van der Waals surface area contributed by atoms with Gasteiger partial charge in [0.1, 0.15) is 17.8 Å². The maximum atomic E-state index is 13.6. The lowest BCUT2D eigenvalue weighted by Crippen LogP contribution is -2.39. The summed E-state index contributed by atoms with van der Waals surface area (Å²) in [4.78, 5) is 33.8. The van der Waals surface area contributed by atoms with E-state index in [0.29, 0.717) is 54.1 Å². The average Bonchev–Trinajstić information content (AvgIpc) is 3.53. The van der Waals surface area contributed by atoms with Gasteiger partial charge in [-0.05, 0) is 57.9 Å². The zero-order chi connectivity index (χ0) is 27.6. The largest absolute Gasteiger partial charge is 0.474 e. The first-order valence-electron chi connectivity index (χ1n) is 12.7. The van der Waals surface area contributed by atoms with Gasteiger partial charge in [-0.15, -0.1) is 0 Å². The van der Waals surface area contributed by atoms with Crippen molar-refractivity contribution in [1.82, 2.24) is 14.8 Å². The predicted molar refractivity (Wildman–Crippen MR) is 144 cm³/mol. The molecule has 202 valence electrons. The SMILES string of the molecule is CC(Oc1ccc(C#N)cn1)C1CN(C(=O)C2CCN(C(=O)OC(C)(C)C)C2)CC1c1ccc(Cl)c(Cl)c1. The minimum atomic E-state index is -0.589. The maximum Gasteiger partial charge on any atom is 0.410 e. The van der Waals surface area contributed by atoms with Gasteiger partial charge in [-0.25, -0.2) is 9.78 Å². The molecular weight excluding hydrogens is 527 g/mol. The highest BCUT2D eigenvalue weighted by atomic mass is 35.5. The van der Waals surface area contributed by atoms with Crippen molar-refractivity contribution in [2.24, 2.45) is 11.8 Å². The summed E-state index contributed by atoms with van der Waals surface area (Å²) in [6.45, 7) is 9.26. The van der Waals surface area contributed by atoms with Crippen LogP contribution in [0.15, 0.2) is 36.5 Å². The normalized spacial score (nSPS) is 22.2. The zero-order valence-electron chi connectivity index (χ0n) is 22.0. The van der Waals surface area contributed by atoms with Crippen LogP contribution >= 0.6 is 23.2 Å². The molecule has 2 aromatic rings. The fourth-order valence-corrected chi connectivity index (χ4v) is 5.39. The van der Waals surface area contributed by atoms with Crippen LogP contribution < -0.4 is 4.74 Å². The minimum absolute atomic E-state index is 0.0207. The van der Waals surface area contributed by atoms with Crippen LogP contribution in [0.1, 0.15) is 51.2 Å². The standard InChI is InChI=1S/C28H32Cl2N4O4/c1-17(37-25-8-5-18(12-31)13-32-25)21-15-34(16-22(21)19-6-7-23(29)24(30)11-19)26(35)20-9-10-33(14-20)27(36)38-28(2,3)4/h5-8,11,13,17,20-22H,9-10,14-16H2,1-4H3. The minimum Gasteiger partial charge on any atom is -0.474 e. The number of rotatable bonds is 5. The van der Waals surface area contributed by atoms with E-state index in [1.807, 2.05) is 50.8 Å². The van der Waals surface area contributed by atoms with Crippen molar-refractivity contribution in [3.63, 3.8) is 0 Å². The van der Waals surface area contributed by atoms with E-state index in [-0.39, 0.29) is 29.8 Å². The van der Waals surface area contributed by atoms with Gasteiger partial charge in [-0.3, -0.25) is 4.79 Å². The van der Waals surface area contributed by atoms with Crippen molar-refractivity contribution >= 4 is 35.2 Å². The van der Waals surface area contributed by atoms with Crippen molar-refractivity contribution in [3.8, 4) is 11.9 Å². The highest BCUT2D eigenvalue weighted by Crippen LogP contribution is 2.39. The van der Waals surface area contributed by atoms with Gasteiger partial charge in [0.25, 0.3) is 0 Å². The van der Waals surface area contributed by atoms with Crippen molar-refractivity contribution in [2.45, 2.75) is 51.7 Å². The molecule has 10 heteroatoms. The number of amides is 2. The molecule has 0 saturated carbocycles. The molecule has 2 saturated heterocycles. The maximum absolute atomic E-state index is 13.6. The van der Waals surface area contributed by atoms with Crippen LogP contribution in [0.3, 0.4) is 0 Å². The van der Waals surface area contributed by atoms with Crippen LogP contribution in [0, 0.1) is 23.2 Å². The van der Waals surface area contributed by atoms with Gasteiger partial charge in [0.2, 0.25) is 11.8 Å². The molecule has 8 nitrogen and oxygen atoms in total. The van der Waals surface area contributed by atoms with E-state index in [1.54, 1.807) is 23.1 Å². The van der Waals surface area contributed by atoms with Gasteiger partial charge >= 0.3 is 6.09 Å². The molecule has 0 spiro atoms. The summed E-state index contributed by atoms with van der Waals surface area (Å²) in [5.41, 5.74) is 0.840. The lowest BCUT2D eigenvalue weighted by Gasteiger charge is -2.26. The number of nitriles is 1. The van der Waals surface area contributed by atoms with Crippen LogP contribution in [-0.2, 0) is 9.53 Å². The fourth-order valence-electron chi connectivity index (χ4n) is 5.09. The topological polar surface area (TPSA) is 95.8 Å². The van der Waals surface area contributed by atoms with E-state index in [0.717, 1.165) is 5.56 Å². The number of carbonyl (C=O) groups is 2. The summed E-state index contributed by atoms with van der Waals surface area (Å²) in [5, 5.41) is 9.96. The number of benzene rings is 1. The fraction of sp³-hybridized carbons (Fsp3) is 0.500. The number of carbonyl (C=O) groups excluding carboxylic acids is 2. The van der Waals surface area contributed by atoms with E-state index in [1.165, 1.54) is 6.20 Å². The molecule has 2 amide bonds. The second-order valence-electron chi connectivity index (χ2n) is 10.9. The Bertz CT molecular complexity index is 1220. The number of pyridine rings is 1. The molecule has 2 aliphatic heterocycles. The monoisotopic (exact) mass is 558 g/mol. The Morgan fingerprint density at radius 2 is 1.87 bits per heavy atom. The Morgan fingerprint density at radius 1 is 1.11 bits per heavy atom. The highest BCUT2D eigenvalue weighted by molar-refractivity contribution is 6.42. The molecule has 0 aliphatic carbocycles. The summed E-state index contributed by atoms with van der Waals surface area (Å²) < 4.78 is 11.7. The molecule has 4 rings (SSSR count). The van der Waals surface area contributed by atoms with Crippen molar-refractivity contribution < 1.29 is 19.1 Å². The molecule has 1 aromatic heterocycles. The average molecular weight is 559 g/mol. The van der Waals surface area contributed by atoms with Gasteiger partial charge < -0.3 is 19.3 Å². The van der Waals surface area contributed by atoms with E-state index in [4.69, 9.17) is 37.9 Å². The van der Waals surface area contributed by atoms with E-state index < -0.39 is 11.7 Å². The van der Waals surface area contributed by atoms with Crippen LogP contribution in [0.5, 0.6) is 5.88 Å². The number of nitrogens with zero attached hydrogens (tertiary/aromatic N) is 4. The third-order valence-corrected chi connectivity index (χ3v) is 7.75. The first-order valence-corrected chi connectivity index (χ1v) is 13.4. The van der Waals surface area contributed by atoms with Crippen LogP contribution in [0.4, 0.5) is 4.79 Å². The lowest BCUT2D eigenvalue weighted by molar-refractivity contribution is -0.134. The van der Waals surface area contributed by atoms with Gasteiger partial charge in [0.15, 0.2) is 0 Å². The lowest BCUT2D eigenvalue weighted by atomic mass is 9.86. The zero-order valence-corrected chi connectivity index (χ0v) is 23.5. The van der Waals surface area contributed by atoms with Crippen molar-refractivity contribution in [3.05, 3.63) is 57.7 Å². The first-order chi connectivity index (χ1) is 17.9. The molecular formula is C28H32Cl2N4O4. The summed E-state index contributed by atoms with van der Waals surface area (Å²) in [5.74, 6) is 0.0693. The first kappa shape index (κ1) is 28.0. The Hall–Kier alpha value is -3.02. The van der Waals surface area contributed by atoms with Crippen LogP contribution in [0.2, 0.25) is 10.0 Å². The number of halogens is 2. The number of aromatic nitrogens is 1. The Labute approximate surface area is 233 Å². The number of hydrogen-bond acceptors (Lipinski definition) is 6. The van der Waals surface area contributed by atoms with Gasteiger partial charge in [0.05, 0.1) is 21.5 Å². The Balaban J connectivity index is 1.50. The Morgan fingerprint density at radius 3 is 2.50 bits per heavy atom. The van der Waals surface area contributed by atoms with Gasteiger partial charge in [-0.1, -0.05) is 29.3 Å². The van der Waals surface area contributed by atoms with Crippen LogP contribution in [-0.4, -0.2) is 64.7 Å². The number of likely N-dealkylation sites (tertiary alicyclic amines) is 2. The molecule has 0 radical (unpaired) electrons. The predicted octanol–water partition coefficient (Wildman–Crippen LogP) is 5.53. The molecule has 2 fully saturated rings. The second kappa shape index (κ2) is 11.4. The molecule has 38 heavy (non-hydrogen) atoms. The summed E-state index contributed by atoms with van der Waals surface area (Å²) in [6.07, 6.45) is 1.39.